The van der Waals surface area contributed by atoms with Crippen LogP contribution in [-0.4, -0.2) is 104 Å². The van der Waals surface area contributed by atoms with Gasteiger partial charge in [-0.25, -0.2) is 0 Å². The quantitative estimate of drug-likeness (QED) is 0.311. The summed E-state index contributed by atoms with van der Waals surface area (Å²) in [6, 6.07) is 5.45. The highest BCUT2D eigenvalue weighted by atomic mass is 19.4. The summed E-state index contributed by atoms with van der Waals surface area (Å²) in [5, 5.41) is 10.2. The predicted octanol–water partition coefficient (Wildman–Crippen LogP) is 5.01. The number of carbonyl (C=O) groups is 1. The van der Waals surface area contributed by atoms with E-state index in [1.807, 2.05) is 12.2 Å². The first kappa shape index (κ1) is 33.8. The van der Waals surface area contributed by atoms with Crippen LogP contribution in [0.3, 0.4) is 0 Å². The molecule has 1 amide bonds. The van der Waals surface area contributed by atoms with Crippen LogP contribution in [0.2, 0.25) is 0 Å². The Balaban J connectivity index is 1.51. The summed E-state index contributed by atoms with van der Waals surface area (Å²) in [6.07, 6.45) is -5.81. The number of ether oxygens (including phenoxy) is 2. The lowest BCUT2D eigenvalue weighted by Crippen LogP contribution is -2.56. The minimum atomic E-state index is -5.06. The van der Waals surface area contributed by atoms with Crippen LogP contribution in [0.5, 0.6) is 5.75 Å². The molecular weight excluding hydrogens is 592 g/mol. The van der Waals surface area contributed by atoms with Gasteiger partial charge in [-0.05, 0) is 48.7 Å². The van der Waals surface area contributed by atoms with Gasteiger partial charge in [-0.1, -0.05) is 24.3 Å². The average Bonchev–Trinajstić information content (AvgIpc) is 2.96. The molecule has 2 aliphatic heterocycles. The molecule has 0 bridgehead atoms. The van der Waals surface area contributed by atoms with Gasteiger partial charge < -0.3 is 19.5 Å². The van der Waals surface area contributed by atoms with Gasteiger partial charge in [0.05, 0.1) is 30.4 Å². The van der Waals surface area contributed by atoms with Gasteiger partial charge in [0.1, 0.15) is 5.75 Å². The molecule has 0 saturated carbocycles. The minimum Gasteiger partial charge on any atom is -0.508 e. The molecule has 2 heterocycles. The van der Waals surface area contributed by atoms with E-state index in [4.69, 9.17) is 9.47 Å². The van der Waals surface area contributed by atoms with Gasteiger partial charge in [-0.15, -0.1) is 0 Å². The van der Waals surface area contributed by atoms with Gasteiger partial charge >= 0.3 is 12.4 Å². The number of carbonyl (C=O) groups excluding carboxylic acids is 1. The lowest BCUT2D eigenvalue weighted by Gasteiger charge is -2.41. The first-order valence-corrected chi connectivity index (χ1v) is 14.3. The van der Waals surface area contributed by atoms with Gasteiger partial charge in [-0.2, -0.15) is 26.3 Å². The molecule has 2 aromatic rings. The maximum atomic E-state index is 13.6. The van der Waals surface area contributed by atoms with Crippen molar-refractivity contribution in [1.82, 2.24) is 14.7 Å². The van der Waals surface area contributed by atoms with E-state index in [1.54, 1.807) is 32.2 Å². The fourth-order valence-corrected chi connectivity index (χ4v) is 5.51. The molecule has 7 nitrogen and oxygen atoms in total. The molecule has 0 spiro atoms. The first-order valence-electron chi connectivity index (χ1n) is 14.3. The Bertz CT molecular complexity index is 1280. The third-order valence-electron chi connectivity index (χ3n) is 7.88. The van der Waals surface area contributed by atoms with E-state index in [9.17, 15) is 36.2 Å². The molecule has 2 fully saturated rings. The Morgan fingerprint density at radius 2 is 1.59 bits per heavy atom. The number of methoxy groups -OCH3 is 1. The smallest absolute Gasteiger partial charge is 0.416 e. The van der Waals surface area contributed by atoms with Crippen LogP contribution in [0, 0.1) is 6.92 Å². The topological polar surface area (TPSA) is 65.5 Å². The van der Waals surface area contributed by atoms with Crippen molar-refractivity contribution in [2.45, 2.75) is 37.8 Å². The zero-order chi connectivity index (χ0) is 32.1. The lowest BCUT2D eigenvalue weighted by molar-refractivity contribution is -0.143. The SMILES string of the molecule is COC[C@@H]1CN(C/C=C/CN2CCN(C(=O)c3cc(C(F)(F)F)cc(C(F)(F)F)c3)C(Cc3ccc(C)c(O)c3)C2)CCO1. The largest absolute Gasteiger partial charge is 0.508 e. The third-order valence-corrected chi connectivity index (χ3v) is 7.88. The second-order valence-corrected chi connectivity index (χ2v) is 11.2. The van der Waals surface area contributed by atoms with Gasteiger partial charge in [0.25, 0.3) is 5.91 Å². The molecule has 44 heavy (non-hydrogen) atoms. The van der Waals surface area contributed by atoms with Crippen molar-refractivity contribution in [3.8, 4) is 5.75 Å². The average molecular weight is 630 g/mol. The van der Waals surface area contributed by atoms with Crippen LogP contribution in [0.15, 0.2) is 48.6 Å². The Hall–Kier alpha value is -3.13. The number of halogens is 6. The van der Waals surface area contributed by atoms with E-state index in [2.05, 4.69) is 9.80 Å². The molecule has 13 heteroatoms. The Morgan fingerprint density at radius 1 is 0.955 bits per heavy atom. The summed E-state index contributed by atoms with van der Waals surface area (Å²) in [5.74, 6) is -0.851. The minimum absolute atomic E-state index is 0.0128. The van der Waals surface area contributed by atoms with Crippen LogP contribution in [-0.2, 0) is 28.2 Å². The van der Waals surface area contributed by atoms with Crippen molar-refractivity contribution in [3.05, 3.63) is 76.4 Å². The number of rotatable bonds is 9. The number of alkyl halides is 6. The molecule has 1 N–H and O–H groups in total. The highest BCUT2D eigenvalue weighted by Crippen LogP contribution is 2.37. The molecule has 2 saturated heterocycles. The second kappa shape index (κ2) is 14.3. The van der Waals surface area contributed by atoms with E-state index in [1.165, 1.54) is 4.90 Å². The van der Waals surface area contributed by atoms with E-state index in [0.29, 0.717) is 62.7 Å². The molecule has 242 valence electrons. The number of phenols is 1. The highest BCUT2D eigenvalue weighted by Gasteiger charge is 2.39. The van der Waals surface area contributed by atoms with Gasteiger partial charge in [-0.3, -0.25) is 14.6 Å². The molecule has 0 radical (unpaired) electrons. The number of hydrogen-bond donors (Lipinski definition) is 1. The van der Waals surface area contributed by atoms with Crippen molar-refractivity contribution < 1.29 is 45.7 Å². The number of amides is 1. The van der Waals surface area contributed by atoms with Crippen LogP contribution >= 0.6 is 0 Å². The van der Waals surface area contributed by atoms with Gasteiger partial charge in [0, 0.05) is 64.5 Å². The number of piperazine rings is 1. The highest BCUT2D eigenvalue weighted by molar-refractivity contribution is 5.95. The molecular formula is C31H37F6N3O4. The van der Waals surface area contributed by atoms with E-state index in [-0.39, 0.29) is 30.9 Å². The van der Waals surface area contributed by atoms with E-state index >= 15 is 0 Å². The Morgan fingerprint density at radius 3 is 2.18 bits per heavy atom. The summed E-state index contributed by atoms with van der Waals surface area (Å²) in [5.41, 5.74) is -2.41. The van der Waals surface area contributed by atoms with Crippen molar-refractivity contribution in [2.75, 3.05) is 66.1 Å². The van der Waals surface area contributed by atoms with E-state index in [0.717, 1.165) is 13.1 Å². The number of aryl methyl sites for hydroxylation is 1. The molecule has 0 aromatic heterocycles. The lowest BCUT2D eigenvalue weighted by atomic mass is 9.98. The number of benzene rings is 2. The molecule has 2 atom stereocenters. The number of nitrogens with zero attached hydrogens (tertiary/aromatic N) is 3. The fourth-order valence-electron chi connectivity index (χ4n) is 5.51. The maximum Gasteiger partial charge on any atom is 0.416 e. The van der Waals surface area contributed by atoms with Crippen LogP contribution < -0.4 is 0 Å². The summed E-state index contributed by atoms with van der Waals surface area (Å²) in [4.78, 5) is 19.3. The maximum absolute atomic E-state index is 13.6. The monoisotopic (exact) mass is 629 g/mol. The normalized spacial score (nSPS) is 20.9. The number of aromatic hydroxyl groups is 1. The van der Waals surface area contributed by atoms with Crippen LogP contribution in [0.4, 0.5) is 26.3 Å². The predicted molar refractivity (Wildman–Crippen MR) is 151 cm³/mol. The first-order chi connectivity index (χ1) is 20.7. The molecule has 2 aliphatic rings. The molecule has 2 aromatic carbocycles. The molecule has 0 aliphatic carbocycles. The number of morpholine rings is 1. The fraction of sp³-hybridized carbons (Fsp3) is 0.516. The Labute approximate surface area is 252 Å². The number of phenolic OH excluding ortho intramolecular Hbond substituents is 1. The second-order valence-electron chi connectivity index (χ2n) is 11.2. The summed E-state index contributed by atoms with van der Waals surface area (Å²) in [6.45, 7) is 6.48. The van der Waals surface area contributed by atoms with Crippen molar-refractivity contribution in [1.29, 1.82) is 0 Å². The van der Waals surface area contributed by atoms with Gasteiger partial charge in [0.2, 0.25) is 0 Å². The zero-order valence-electron chi connectivity index (χ0n) is 24.6. The Kier molecular flexibility index (Phi) is 11.0. The molecule has 1 unspecified atom stereocenters. The molecule has 4 rings (SSSR count). The van der Waals surface area contributed by atoms with E-state index < -0.39 is 41.0 Å². The van der Waals surface area contributed by atoms with Crippen molar-refractivity contribution in [3.63, 3.8) is 0 Å². The summed E-state index contributed by atoms with van der Waals surface area (Å²) < 4.78 is 91.9. The summed E-state index contributed by atoms with van der Waals surface area (Å²) in [7, 11) is 1.63. The van der Waals surface area contributed by atoms with Gasteiger partial charge in [0.15, 0.2) is 0 Å². The summed E-state index contributed by atoms with van der Waals surface area (Å²) >= 11 is 0. The zero-order valence-corrected chi connectivity index (χ0v) is 24.6. The van der Waals surface area contributed by atoms with Crippen molar-refractivity contribution >= 4 is 5.91 Å². The standard InChI is InChI=1S/C31H37F6N3O4/c1-21-5-6-22(14-28(21)41)13-26-18-38(7-3-4-8-39-11-12-44-27(19-39)20-43-2)9-10-40(26)29(42)23-15-24(30(32,33)34)17-25(16-23)31(35,36)37/h3-6,14-17,26-27,41H,7-13,18-20H2,1-2H3/b4-3+/t26?,27-/m0/s1. The van der Waals surface area contributed by atoms with Crippen molar-refractivity contribution in [2.24, 2.45) is 0 Å². The number of hydrogen-bond acceptors (Lipinski definition) is 6. The van der Waals surface area contributed by atoms with Crippen LogP contribution in [0.25, 0.3) is 0 Å². The third kappa shape index (κ3) is 8.96. The van der Waals surface area contributed by atoms with Crippen LogP contribution in [0.1, 0.15) is 32.6 Å².